The van der Waals surface area contributed by atoms with Gasteiger partial charge in [0.25, 0.3) is 0 Å². The van der Waals surface area contributed by atoms with Crippen molar-refractivity contribution < 1.29 is 8.85 Å². The van der Waals surface area contributed by atoms with E-state index in [1.165, 1.54) is 19.4 Å². The van der Waals surface area contributed by atoms with Gasteiger partial charge in [0, 0.05) is 33.9 Å². The van der Waals surface area contributed by atoms with Gasteiger partial charge in [-0.05, 0) is 13.0 Å². The van der Waals surface area contributed by atoms with Gasteiger partial charge in [0.15, 0.2) is 0 Å². The van der Waals surface area contributed by atoms with Crippen molar-refractivity contribution in [1.29, 1.82) is 0 Å². The third-order valence-corrected chi connectivity index (χ3v) is 5.19. The van der Waals surface area contributed by atoms with Crippen molar-refractivity contribution >= 4 is 9.28 Å². The van der Waals surface area contributed by atoms with Gasteiger partial charge < -0.3 is 14.2 Å². The Morgan fingerprint density at radius 2 is 2.13 bits per heavy atom. The monoisotopic (exact) mass is 232 g/mol. The molecule has 4 nitrogen and oxygen atoms in total. The number of nitrogens with one attached hydrogen (secondary N) is 1. The highest BCUT2D eigenvalue weighted by atomic mass is 28.3. The quantitative estimate of drug-likeness (QED) is 0.659. The van der Waals surface area contributed by atoms with E-state index in [0.717, 1.165) is 19.6 Å². The maximum absolute atomic E-state index is 5.48. The van der Waals surface area contributed by atoms with E-state index in [9.17, 15) is 0 Å². The predicted molar refractivity (Wildman–Crippen MR) is 64.3 cm³/mol. The second-order valence-corrected chi connectivity index (χ2v) is 6.45. The lowest BCUT2D eigenvalue weighted by Crippen LogP contribution is -2.59. The first kappa shape index (κ1) is 13.1. The fourth-order valence-electron chi connectivity index (χ4n) is 2.09. The molecule has 0 amide bonds. The Labute approximate surface area is 94.8 Å². The molecule has 1 rings (SSSR count). The number of hydrogen-bond acceptors (Lipinski definition) is 4. The average molecular weight is 232 g/mol. The molecule has 0 aromatic carbocycles. The molecular weight excluding hydrogens is 208 g/mol. The number of hydrogen-bond donors (Lipinski definition) is 1. The second kappa shape index (κ2) is 7.35. The Hall–Kier alpha value is 0.0569. The minimum absolute atomic E-state index is 0.486. The lowest BCUT2D eigenvalue weighted by atomic mass is 10.3. The molecule has 1 heterocycles. The maximum Gasteiger partial charge on any atom is 0.340 e. The van der Waals surface area contributed by atoms with Crippen LogP contribution in [0, 0.1) is 0 Å². The molecule has 0 bridgehead atoms. The van der Waals surface area contributed by atoms with Crippen LogP contribution in [0.2, 0.25) is 0 Å². The highest BCUT2D eigenvalue weighted by molar-refractivity contribution is 6.46. The highest BCUT2D eigenvalue weighted by Gasteiger charge is 2.31. The number of nitrogens with zero attached hydrogens (tertiary/aromatic N) is 1. The Morgan fingerprint density at radius 3 is 2.73 bits per heavy atom. The lowest BCUT2D eigenvalue weighted by Gasteiger charge is -2.38. The van der Waals surface area contributed by atoms with Gasteiger partial charge in [-0.15, -0.1) is 0 Å². The van der Waals surface area contributed by atoms with Crippen molar-refractivity contribution in [3.05, 3.63) is 0 Å². The summed E-state index contributed by atoms with van der Waals surface area (Å²) in [5.41, 5.74) is 0.486. The molecule has 1 aliphatic heterocycles. The van der Waals surface area contributed by atoms with Crippen LogP contribution in [0.3, 0.4) is 0 Å². The van der Waals surface area contributed by atoms with Crippen molar-refractivity contribution in [2.75, 3.05) is 40.4 Å². The van der Waals surface area contributed by atoms with Gasteiger partial charge in [0.1, 0.15) is 0 Å². The molecule has 0 aliphatic carbocycles. The van der Waals surface area contributed by atoms with Crippen LogP contribution in [0.5, 0.6) is 0 Å². The van der Waals surface area contributed by atoms with Crippen LogP contribution in [0.4, 0.5) is 0 Å². The molecule has 0 spiro atoms. The number of rotatable bonds is 6. The van der Waals surface area contributed by atoms with Crippen LogP contribution in [0.25, 0.3) is 0 Å². The van der Waals surface area contributed by atoms with E-state index in [1.807, 2.05) is 0 Å². The molecule has 0 aromatic heterocycles. The molecule has 1 aliphatic rings. The van der Waals surface area contributed by atoms with E-state index in [4.69, 9.17) is 8.85 Å². The summed E-state index contributed by atoms with van der Waals surface area (Å²) in [5.74, 6) is 0. The minimum atomic E-state index is -1.51. The topological polar surface area (TPSA) is 33.7 Å². The van der Waals surface area contributed by atoms with Crippen molar-refractivity contribution in [2.24, 2.45) is 0 Å². The molecule has 1 unspecified atom stereocenters. The third-order valence-electron chi connectivity index (χ3n) is 2.98. The van der Waals surface area contributed by atoms with Crippen LogP contribution >= 0.6 is 0 Å². The summed E-state index contributed by atoms with van der Waals surface area (Å²) in [6, 6.07) is 0. The SMILES string of the molecule is CCCCN1CCNCC1[SiH](OC)OC. The largest absolute Gasteiger partial charge is 0.399 e. The Morgan fingerprint density at radius 1 is 1.40 bits per heavy atom. The van der Waals surface area contributed by atoms with Crippen LogP contribution in [0.15, 0.2) is 0 Å². The van der Waals surface area contributed by atoms with Crippen LogP contribution in [0.1, 0.15) is 19.8 Å². The van der Waals surface area contributed by atoms with Gasteiger partial charge in [0.2, 0.25) is 0 Å². The van der Waals surface area contributed by atoms with Crippen LogP contribution in [-0.2, 0) is 8.85 Å². The Bertz CT molecular complexity index is 168. The second-order valence-electron chi connectivity index (χ2n) is 4.00. The van der Waals surface area contributed by atoms with Crippen LogP contribution in [-0.4, -0.2) is 60.2 Å². The summed E-state index contributed by atoms with van der Waals surface area (Å²) in [4.78, 5) is 2.53. The van der Waals surface area contributed by atoms with Crippen LogP contribution < -0.4 is 5.32 Å². The zero-order valence-electron chi connectivity index (χ0n) is 10.2. The first-order valence-corrected chi connectivity index (χ1v) is 7.44. The standard InChI is InChI=1S/C10H24N2O2Si/c1-4-5-7-12-8-6-11-9-10(12)15(13-2)14-3/h10-11,15H,4-9H2,1-3H3. The van der Waals surface area contributed by atoms with Gasteiger partial charge >= 0.3 is 9.28 Å². The van der Waals surface area contributed by atoms with Gasteiger partial charge in [-0.1, -0.05) is 13.3 Å². The van der Waals surface area contributed by atoms with Crippen molar-refractivity contribution in [1.82, 2.24) is 10.2 Å². The highest BCUT2D eigenvalue weighted by Crippen LogP contribution is 2.09. The van der Waals surface area contributed by atoms with E-state index < -0.39 is 9.28 Å². The summed E-state index contributed by atoms with van der Waals surface area (Å²) < 4.78 is 11.0. The molecule has 15 heavy (non-hydrogen) atoms. The molecule has 1 saturated heterocycles. The first-order chi connectivity index (χ1) is 7.33. The molecule has 5 heteroatoms. The van der Waals surface area contributed by atoms with Gasteiger partial charge in [-0.3, -0.25) is 4.90 Å². The summed E-state index contributed by atoms with van der Waals surface area (Å²) in [6.45, 7) is 6.65. The van der Waals surface area contributed by atoms with Crippen molar-refractivity contribution in [2.45, 2.75) is 25.4 Å². The zero-order valence-corrected chi connectivity index (χ0v) is 11.3. The van der Waals surface area contributed by atoms with Gasteiger partial charge in [-0.25, -0.2) is 0 Å². The maximum atomic E-state index is 5.48. The minimum Gasteiger partial charge on any atom is -0.399 e. The first-order valence-electron chi connectivity index (χ1n) is 5.83. The third kappa shape index (κ3) is 3.84. The molecule has 1 fully saturated rings. The van der Waals surface area contributed by atoms with E-state index >= 15 is 0 Å². The molecule has 1 atom stereocenters. The van der Waals surface area contributed by atoms with E-state index in [-0.39, 0.29) is 0 Å². The smallest absolute Gasteiger partial charge is 0.340 e. The predicted octanol–water partition coefficient (Wildman–Crippen LogP) is 0.113. The summed E-state index contributed by atoms with van der Waals surface area (Å²) in [6.07, 6.45) is 2.52. The lowest BCUT2D eigenvalue weighted by molar-refractivity contribution is 0.155. The summed E-state index contributed by atoms with van der Waals surface area (Å²) in [5, 5.41) is 3.42. The summed E-state index contributed by atoms with van der Waals surface area (Å²) in [7, 11) is 2.03. The van der Waals surface area contributed by atoms with E-state index in [1.54, 1.807) is 14.2 Å². The van der Waals surface area contributed by atoms with Gasteiger partial charge in [0.05, 0.1) is 5.67 Å². The molecule has 0 aromatic rings. The Kier molecular flexibility index (Phi) is 6.43. The summed E-state index contributed by atoms with van der Waals surface area (Å²) >= 11 is 0. The fraction of sp³-hybridized carbons (Fsp3) is 1.00. The molecule has 90 valence electrons. The molecule has 0 radical (unpaired) electrons. The van der Waals surface area contributed by atoms with Crippen molar-refractivity contribution in [3.63, 3.8) is 0 Å². The molecular formula is C10H24N2O2Si. The Balaban J connectivity index is 2.48. The van der Waals surface area contributed by atoms with E-state index in [2.05, 4.69) is 17.1 Å². The number of piperazine rings is 1. The molecule has 0 saturated carbocycles. The van der Waals surface area contributed by atoms with Crippen molar-refractivity contribution in [3.8, 4) is 0 Å². The average Bonchev–Trinajstić information content (AvgIpc) is 2.29. The fourth-order valence-corrected chi connectivity index (χ4v) is 3.91. The molecule has 1 N–H and O–H groups in total. The zero-order chi connectivity index (χ0) is 11.1. The normalized spacial score (nSPS) is 23.6. The van der Waals surface area contributed by atoms with E-state index in [0.29, 0.717) is 5.67 Å². The number of unbranched alkanes of at least 4 members (excludes halogenated alkanes) is 1. The van der Waals surface area contributed by atoms with Gasteiger partial charge in [-0.2, -0.15) is 0 Å².